The first-order valence-electron chi connectivity index (χ1n) is 28.8. The first-order chi connectivity index (χ1) is 36.4. The number of nitrogens with zero attached hydrogens (tertiary/aromatic N) is 1. The van der Waals surface area contributed by atoms with Crippen LogP contribution in [0.2, 0.25) is 0 Å². The van der Waals surface area contributed by atoms with Gasteiger partial charge in [-0.2, -0.15) is 0 Å². The van der Waals surface area contributed by atoms with Gasteiger partial charge in [0.15, 0.2) is 24.3 Å². The summed E-state index contributed by atoms with van der Waals surface area (Å²) in [5.74, 6) is -1.14. The molecule has 7 aliphatic rings. The van der Waals surface area contributed by atoms with Crippen LogP contribution >= 0.6 is 7.82 Å². The number of benzene rings is 2. The van der Waals surface area contributed by atoms with Crippen molar-refractivity contribution in [3.05, 3.63) is 89.0 Å². The van der Waals surface area contributed by atoms with Crippen LogP contribution in [0.3, 0.4) is 0 Å². The van der Waals surface area contributed by atoms with Crippen molar-refractivity contribution in [2.24, 2.45) is 40.4 Å². The normalized spacial score (nSPS) is 33.6. The first-order valence-corrected chi connectivity index (χ1v) is 30.3. The van der Waals surface area contributed by atoms with Gasteiger partial charge in [-0.1, -0.05) is 100 Å². The predicted octanol–water partition coefficient (Wildman–Crippen LogP) is 8.80. The third-order valence-corrected chi connectivity index (χ3v) is 19.7. The highest BCUT2D eigenvalue weighted by Gasteiger charge is 2.76. The van der Waals surface area contributed by atoms with Gasteiger partial charge in [0, 0.05) is 47.7 Å². The molecule has 0 bridgehead atoms. The molecule has 2 aromatic carbocycles. The molecule has 76 heavy (non-hydrogen) atoms. The predicted molar refractivity (Wildman–Crippen MR) is 286 cm³/mol. The van der Waals surface area contributed by atoms with E-state index in [9.17, 15) is 34.2 Å². The van der Waals surface area contributed by atoms with Crippen molar-refractivity contribution >= 4 is 25.4 Å². The maximum Gasteiger partial charge on any atom is 0.524 e. The fourth-order valence-corrected chi connectivity index (χ4v) is 15.6. The number of fused-ring (bicyclic) bond motifs is 7. The number of phosphoric ester groups is 1. The standard InChI is InChI=1S/C60H85N2O13P/c1-58-28-25-47(63)35-46(58)22-23-48-49-36-54-60(59(49,2)37-50(64)55(48)58,74-57(73-54)43-19-12-8-13-20-43)53(66)40-72-56(67)42-26-31-62(3,32-27-42)38-45-34-44(21-24-52(45)75-76(68,69)70)51(65)39-71-33-15-30-61-29-14-6-4-5-9-16-41-17-10-7-11-18-41/h7,10-11,17-18,21,24-25,28,34-35,42-43,48-51,54-55,57,61,64-65H,4-6,8-9,12-16,19-20,22-23,26-27,29-33,36-40H2,1-3H3,(H-,68,69,70)/p+1/t42?,48?,49?,50-,51?,54+,55?,57+,58-,59-,60+,62?/m0/s1. The van der Waals surface area contributed by atoms with Crippen molar-refractivity contribution in [2.45, 2.75) is 166 Å². The van der Waals surface area contributed by atoms with Gasteiger partial charge in [-0.05, 0) is 125 Å². The fraction of sp³-hybridized carbons (Fsp3) is 0.683. The Hall–Kier alpha value is -3.60. The number of aliphatic hydroxyl groups is 2. The second-order valence-corrected chi connectivity index (χ2v) is 25.5. The molecule has 5 N–H and O–H groups in total. The van der Waals surface area contributed by atoms with E-state index in [1.807, 2.05) is 13.1 Å². The van der Waals surface area contributed by atoms with Crippen LogP contribution in [0, 0.1) is 40.4 Å². The highest BCUT2D eigenvalue weighted by molar-refractivity contribution is 7.46. The molecule has 5 aliphatic carbocycles. The summed E-state index contributed by atoms with van der Waals surface area (Å²) in [6.45, 7) is 7.46. The van der Waals surface area contributed by atoms with E-state index in [1.54, 1.807) is 24.3 Å². The summed E-state index contributed by atoms with van der Waals surface area (Å²) in [4.78, 5) is 61.2. The van der Waals surface area contributed by atoms with E-state index in [0.29, 0.717) is 67.5 Å². The highest BCUT2D eigenvalue weighted by Crippen LogP contribution is 2.70. The van der Waals surface area contributed by atoms with Crippen LogP contribution in [0.15, 0.2) is 72.3 Å². The molecule has 2 aromatic rings. The Labute approximate surface area is 450 Å². The van der Waals surface area contributed by atoms with Gasteiger partial charge in [0.2, 0.25) is 5.78 Å². The molecule has 0 spiro atoms. The number of quaternary nitrogens is 1. The molecule has 0 aromatic heterocycles. The lowest BCUT2D eigenvalue weighted by molar-refractivity contribution is -0.927. The van der Waals surface area contributed by atoms with Crippen LogP contribution in [-0.4, -0.2) is 119 Å². The lowest BCUT2D eigenvalue weighted by atomic mass is 9.46. The molecule has 4 unspecified atom stereocenters. The molecule has 2 aliphatic heterocycles. The minimum Gasteiger partial charge on any atom is -0.457 e. The number of hydrogen-bond acceptors (Lipinski definition) is 12. The van der Waals surface area contributed by atoms with Gasteiger partial charge in [0.05, 0.1) is 44.9 Å². The zero-order chi connectivity index (χ0) is 53.7. The number of nitrogens with one attached hydrogen (secondary N) is 1. The summed E-state index contributed by atoms with van der Waals surface area (Å²) in [5.41, 5.74) is 0.865. The van der Waals surface area contributed by atoms with Crippen molar-refractivity contribution in [1.29, 1.82) is 0 Å². The number of carbonyl (C=O) groups excluding carboxylic acids is 3. The first kappa shape index (κ1) is 57.1. The molecule has 418 valence electrons. The van der Waals surface area contributed by atoms with Crippen LogP contribution in [0.4, 0.5) is 0 Å². The SMILES string of the molecule is C[C@]12C=CC(=O)C=C1CCC1C2[C@@H](O)C[C@@]2(C)C1C[C@H]1O[C@@H](C3CCCCC3)O[C@]12C(=O)COC(=O)C1CC[N+](C)(Cc2cc(C(O)COCCCNCCCCCCCc3ccccc3)ccc2OP(=O)(O)O)CC1. The molecule has 0 radical (unpaired) electrons. The number of hydrogen-bond donors (Lipinski definition) is 5. The van der Waals surface area contributed by atoms with Gasteiger partial charge in [-0.3, -0.25) is 24.2 Å². The molecule has 6 fully saturated rings. The largest absolute Gasteiger partial charge is 0.524 e. The highest BCUT2D eigenvalue weighted by atomic mass is 31.2. The summed E-state index contributed by atoms with van der Waals surface area (Å²) >= 11 is 0. The van der Waals surface area contributed by atoms with Crippen molar-refractivity contribution < 1.29 is 66.9 Å². The maximum atomic E-state index is 15.1. The fourth-order valence-electron chi connectivity index (χ4n) is 15.2. The van der Waals surface area contributed by atoms with Gasteiger partial charge in [-0.15, -0.1) is 0 Å². The molecule has 9 rings (SSSR count). The zero-order valence-electron chi connectivity index (χ0n) is 45.3. The van der Waals surface area contributed by atoms with E-state index < -0.39 is 67.3 Å². The molecule has 4 saturated carbocycles. The van der Waals surface area contributed by atoms with E-state index in [4.69, 9.17) is 23.5 Å². The Morgan fingerprint density at radius 2 is 1.67 bits per heavy atom. The molecule has 15 nitrogen and oxygen atoms in total. The van der Waals surface area contributed by atoms with Crippen molar-refractivity contribution in [1.82, 2.24) is 5.32 Å². The van der Waals surface area contributed by atoms with Gasteiger partial charge in [-0.25, -0.2) is 4.57 Å². The maximum absolute atomic E-state index is 15.1. The van der Waals surface area contributed by atoms with Crippen molar-refractivity contribution in [2.75, 3.05) is 53.0 Å². The van der Waals surface area contributed by atoms with Crippen LogP contribution in [0.1, 0.15) is 146 Å². The number of Topliss-reactive ketones (excluding diaryl/α,β-unsaturated/α-hetero) is 1. The summed E-state index contributed by atoms with van der Waals surface area (Å²) in [7, 11) is -2.89. The molecule has 10 atom stereocenters. The summed E-state index contributed by atoms with van der Waals surface area (Å²) < 4.78 is 43.5. The Kier molecular flexibility index (Phi) is 18.3. The quantitative estimate of drug-likeness (QED) is 0.0288. The number of ketones is 2. The molecule has 2 heterocycles. The number of piperidine rings is 1. The zero-order valence-corrected chi connectivity index (χ0v) is 46.2. The number of phosphoric acid groups is 1. The van der Waals surface area contributed by atoms with Crippen molar-refractivity contribution in [3.8, 4) is 5.75 Å². The van der Waals surface area contributed by atoms with Crippen LogP contribution < -0.4 is 9.84 Å². The van der Waals surface area contributed by atoms with Crippen LogP contribution in [0.25, 0.3) is 0 Å². The van der Waals surface area contributed by atoms with E-state index in [-0.39, 0.29) is 47.6 Å². The monoisotopic (exact) mass is 1070 g/mol. The van der Waals surface area contributed by atoms with Crippen LogP contribution in [0.5, 0.6) is 5.75 Å². The topological polar surface area (TPSA) is 207 Å². The van der Waals surface area contributed by atoms with Crippen molar-refractivity contribution in [3.63, 3.8) is 0 Å². The third-order valence-electron chi connectivity index (χ3n) is 19.2. The minimum absolute atomic E-state index is 0.00441. The summed E-state index contributed by atoms with van der Waals surface area (Å²) in [5, 5.41) is 26.9. The number of carbonyl (C=O) groups is 3. The van der Waals surface area contributed by atoms with Gasteiger partial charge in [0.1, 0.15) is 18.4 Å². The number of esters is 1. The molecular weight excluding hydrogens is 988 g/mol. The molecule has 16 heteroatoms. The second kappa shape index (κ2) is 24.4. The lowest BCUT2D eigenvalue weighted by Gasteiger charge is -2.59. The second-order valence-electron chi connectivity index (χ2n) is 24.4. The summed E-state index contributed by atoms with van der Waals surface area (Å²) in [6.07, 6.45) is 19.1. The number of ether oxygens (including phenoxy) is 4. The van der Waals surface area contributed by atoms with E-state index in [0.717, 1.165) is 82.9 Å². The lowest BCUT2D eigenvalue weighted by Crippen LogP contribution is -2.63. The number of rotatable bonds is 24. The average molecular weight is 1070 g/mol. The van der Waals surface area contributed by atoms with Gasteiger partial charge in [0.25, 0.3) is 0 Å². The third kappa shape index (κ3) is 12.5. The number of allylic oxidation sites excluding steroid dienone is 4. The molecule has 2 saturated heterocycles. The average Bonchev–Trinajstić information content (AvgIpc) is 3.90. The Morgan fingerprint density at radius 1 is 0.934 bits per heavy atom. The number of aryl methyl sites for hydroxylation is 1. The molecule has 0 amide bonds. The number of likely N-dealkylation sites (tertiary alicyclic amines) is 1. The Balaban J connectivity index is 0.767. The smallest absolute Gasteiger partial charge is 0.457 e. The number of unbranched alkanes of at least 4 members (excludes halogenated alkanes) is 4. The Morgan fingerprint density at radius 3 is 2.43 bits per heavy atom. The number of aliphatic hydroxyl groups excluding tert-OH is 2. The van der Waals surface area contributed by atoms with Crippen LogP contribution in [-0.2, 0) is 50.9 Å². The van der Waals surface area contributed by atoms with E-state index in [2.05, 4.69) is 49.5 Å². The Bertz CT molecular complexity index is 2450. The molecular formula is C60H86N2O13P+. The van der Waals surface area contributed by atoms with Gasteiger partial charge < -0.3 is 43.5 Å². The summed E-state index contributed by atoms with van der Waals surface area (Å²) in [6, 6.07) is 15.4. The minimum atomic E-state index is -4.91. The van der Waals surface area contributed by atoms with E-state index >= 15 is 4.79 Å². The van der Waals surface area contributed by atoms with E-state index in [1.165, 1.54) is 37.3 Å². The van der Waals surface area contributed by atoms with Gasteiger partial charge >= 0.3 is 13.8 Å².